The van der Waals surface area contributed by atoms with E-state index >= 15 is 0 Å². The van der Waals surface area contributed by atoms with Gasteiger partial charge in [-0.05, 0) is 22.4 Å². The van der Waals surface area contributed by atoms with E-state index < -0.39 is 11.8 Å². The maximum Gasteiger partial charge on any atom is 0.253 e. The number of carbonyl (C=O) groups excluding carboxylic acids is 2. The van der Waals surface area contributed by atoms with Crippen molar-refractivity contribution in [3.05, 3.63) is 77.9 Å². The summed E-state index contributed by atoms with van der Waals surface area (Å²) in [6, 6.07) is 21.3. The standard InChI is InChI=1S/C23H21N3O3/c1-29-20-12-11-16-9-5-6-10-17(16)19(20)14-25-26-23(28)21-18(13-24-22(21)27)15-7-3-2-4-8-15/h2-12,14,18,21H,13H2,1H3,(H,24,27)(H,26,28)/b25-14+/t18-,21+/m1/s1. The van der Waals surface area contributed by atoms with Crippen molar-refractivity contribution in [3.63, 3.8) is 0 Å². The molecule has 1 aliphatic heterocycles. The van der Waals surface area contributed by atoms with Gasteiger partial charge in [0, 0.05) is 18.0 Å². The summed E-state index contributed by atoms with van der Waals surface area (Å²) < 4.78 is 5.43. The summed E-state index contributed by atoms with van der Waals surface area (Å²) in [6.07, 6.45) is 1.56. The number of hydrogen-bond donors (Lipinski definition) is 2. The Kier molecular flexibility index (Phi) is 5.24. The molecule has 6 heteroatoms. The van der Waals surface area contributed by atoms with Crippen molar-refractivity contribution in [2.75, 3.05) is 13.7 Å². The summed E-state index contributed by atoms with van der Waals surface area (Å²) in [7, 11) is 1.59. The summed E-state index contributed by atoms with van der Waals surface area (Å²) in [4.78, 5) is 25.0. The number of benzene rings is 3. The zero-order valence-electron chi connectivity index (χ0n) is 16.0. The van der Waals surface area contributed by atoms with Crippen LogP contribution in [0.1, 0.15) is 17.0 Å². The van der Waals surface area contributed by atoms with E-state index in [0.29, 0.717) is 12.3 Å². The van der Waals surface area contributed by atoms with E-state index in [4.69, 9.17) is 4.74 Å². The van der Waals surface area contributed by atoms with E-state index in [2.05, 4.69) is 15.8 Å². The number of nitrogens with zero attached hydrogens (tertiary/aromatic N) is 1. The van der Waals surface area contributed by atoms with Crippen LogP contribution in [0.25, 0.3) is 10.8 Å². The molecule has 0 spiro atoms. The van der Waals surface area contributed by atoms with Crippen LogP contribution in [0.3, 0.4) is 0 Å². The van der Waals surface area contributed by atoms with Gasteiger partial charge in [0.25, 0.3) is 5.91 Å². The lowest BCUT2D eigenvalue weighted by Gasteiger charge is -2.15. The Morgan fingerprint density at radius 1 is 1.10 bits per heavy atom. The molecule has 0 saturated carbocycles. The number of carbonyl (C=O) groups is 2. The molecule has 0 unspecified atom stereocenters. The first-order valence-electron chi connectivity index (χ1n) is 9.40. The van der Waals surface area contributed by atoms with Crippen molar-refractivity contribution in [3.8, 4) is 5.75 Å². The van der Waals surface area contributed by atoms with Crippen LogP contribution in [0, 0.1) is 5.92 Å². The predicted molar refractivity (Wildman–Crippen MR) is 112 cm³/mol. The minimum absolute atomic E-state index is 0.217. The monoisotopic (exact) mass is 387 g/mol. The van der Waals surface area contributed by atoms with Gasteiger partial charge in [-0.1, -0.05) is 60.7 Å². The maximum absolute atomic E-state index is 12.7. The predicted octanol–water partition coefficient (Wildman–Crippen LogP) is 2.83. The van der Waals surface area contributed by atoms with E-state index in [9.17, 15) is 9.59 Å². The first-order chi connectivity index (χ1) is 14.2. The van der Waals surface area contributed by atoms with Crippen LogP contribution in [-0.2, 0) is 9.59 Å². The highest BCUT2D eigenvalue weighted by molar-refractivity contribution is 6.05. The second kappa shape index (κ2) is 8.14. The van der Waals surface area contributed by atoms with E-state index in [0.717, 1.165) is 21.9 Å². The molecule has 146 valence electrons. The number of hydrazone groups is 1. The Morgan fingerprint density at radius 2 is 1.86 bits per heavy atom. The topological polar surface area (TPSA) is 79.8 Å². The lowest BCUT2D eigenvalue weighted by Crippen LogP contribution is -2.34. The van der Waals surface area contributed by atoms with Crippen molar-refractivity contribution >= 4 is 28.8 Å². The number of fused-ring (bicyclic) bond motifs is 1. The number of nitrogens with one attached hydrogen (secondary N) is 2. The molecule has 3 aromatic rings. The van der Waals surface area contributed by atoms with Crippen LogP contribution < -0.4 is 15.5 Å². The Morgan fingerprint density at radius 3 is 2.66 bits per heavy atom. The molecule has 1 aliphatic rings. The third kappa shape index (κ3) is 3.69. The normalized spacial score (nSPS) is 18.7. The number of methoxy groups -OCH3 is 1. The van der Waals surface area contributed by atoms with Crippen molar-refractivity contribution < 1.29 is 14.3 Å². The number of amides is 2. The van der Waals surface area contributed by atoms with Gasteiger partial charge in [0.1, 0.15) is 11.7 Å². The van der Waals surface area contributed by atoms with E-state index in [1.807, 2.05) is 66.7 Å². The summed E-state index contributed by atoms with van der Waals surface area (Å²) >= 11 is 0. The molecule has 0 bridgehead atoms. The molecule has 2 N–H and O–H groups in total. The fraction of sp³-hybridized carbons (Fsp3) is 0.174. The molecule has 0 radical (unpaired) electrons. The summed E-state index contributed by atoms with van der Waals surface area (Å²) in [6.45, 7) is 0.432. The summed E-state index contributed by atoms with van der Waals surface area (Å²) in [5.74, 6) is -1.09. The second-order valence-corrected chi connectivity index (χ2v) is 6.88. The Hall–Kier alpha value is -3.67. The van der Waals surface area contributed by atoms with Crippen LogP contribution in [0.4, 0.5) is 0 Å². The third-order valence-corrected chi connectivity index (χ3v) is 5.21. The molecular weight excluding hydrogens is 366 g/mol. The average Bonchev–Trinajstić information content (AvgIpc) is 3.15. The largest absolute Gasteiger partial charge is 0.496 e. The van der Waals surface area contributed by atoms with Gasteiger partial charge in [-0.25, -0.2) is 5.43 Å². The van der Waals surface area contributed by atoms with E-state index in [1.165, 1.54) is 0 Å². The van der Waals surface area contributed by atoms with Gasteiger partial charge in [-0.3, -0.25) is 9.59 Å². The average molecular weight is 387 g/mol. The molecule has 3 aromatic carbocycles. The highest BCUT2D eigenvalue weighted by Gasteiger charge is 2.40. The van der Waals surface area contributed by atoms with Gasteiger partial charge in [0.15, 0.2) is 0 Å². The van der Waals surface area contributed by atoms with Crippen LogP contribution in [0.5, 0.6) is 5.75 Å². The van der Waals surface area contributed by atoms with Gasteiger partial charge in [0.05, 0.1) is 13.3 Å². The van der Waals surface area contributed by atoms with Gasteiger partial charge >= 0.3 is 0 Å². The Bertz CT molecular complexity index is 1080. The maximum atomic E-state index is 12.7. The second-order valence-electron chi connectivity index (χ2n) is 6.88. The lowest BCUT2D eigenvalue weighted by molar-refractivity contribution is -0.133. The minimum Gasteiger partial charge on any atom is -0.496 e. The molecular formula is C23H21N3O3. The SMILES string of the molecule is COc1ccc2ccccc2c1/C=N/NC(=O)[C@@H]1C(=O)NC[C@@H]1c1ccccc1. The Labute approximate surface area is 168 Å². The van der Waals surface area contributed by atoms with Crippen molar-refractivity contribution in [1.29, 1.82) is 0 Å². The zero-order valence-corrected chi connectivity index (χ0v) is 16.0. The van der Waals surface area contributed by atoms with Crippen LogP contribution in [0.15, 0.2) is 71.8 Å². The number of rotatable bonds is 5. The molecule has 4 rings (SSSR count). The lowest BCUT2D eigenvalue weighted by atomic mass is 9.88. The molecule has 1 heterocycles. The van der Waals surface area contributed by atoms with Crippen molar-refractivity contribution in [1.82, 2.24) is 10.7 Å². The number of ether oxygens (including phenoxy) is 1. The van der Waals surface area contributed by atoms with Gasteiger partial charge in [-0.2, -0.15) is 5.10 Å². The Balaban J connectivity index is 1.56. The molecule has 2 amide bonds. The minimum atomic E-state index is -0.816. The van der Waals surface area contributed by atoms with Gasteiger partial charge in [-0.15, -0.1) is 0 Å². The van der Waals surface area contributed by atoms with Crippen LogP contribution in [-0.4, -0.2) is 31.7 Å². The first kappa shape index (κ1) is 18.7. The molecule has 0 aromatic heterocycles. The first-order valence-corrected chi connectivity index (χ1v) is 9.40. The molecule has 6 nitrogen and oxygen atoms in total. The van der Waals surface area contributed by atoms with Crippen molar-refractivity contribution in [2.45, 2.75) is 5.92 Å². The highest BCUT2D eigenvalue weighted by Crippen LogP contribution is 2.29. The molecule has 29 heavy (non-hydrogen) atoms. The smallest absolute Gasteiger partial charge is 0.253 e. The molecule has 1 fully saturated rings. The van der Waals surface area contributed by atoms with Crippen molar-refractivity contribution in [2.24, 2.45) is 11.0 Å². The van der Waals surface area contributed by atoms with Gasteiger partial charge < -0.3 is 10.1 Å². The highest BCUT2D eigenvalue weighted by atomic mass is 16.5. The van der Waals surface area contributed by atoms with Crippen LogP contribution in [0.2, 0.25) is 0 Å². The fourth-order valence-electron chi connectivity index (χ4n) is 3.75. The third-order valence-electron chi connectivity index (χ3n) is 5.21. The van der Waals surface area contributed by atoms with Gasteiger partial charge in [0.2, 0.25) is 5.91 Å². The fourth-order valence-corrected chi connectivity index (χ4v) is 3.75. The zero-order chi connectivity index (χ0) is 20.2. The number of hydrogen-bond acceptors (Lipinski definition) is 4. The molecule has 0 aliphatic carbocycles. The van der Waals surface area contributed by atoms with Crippen LogP contribution >= 0.6 is 0 Å². The summed E-state index contributed by atoms with van der Waals surface area (Å²) in [5.41, 5.74) is 4.25. The van der Waals surface area contributed by atoms with E-state index in [1.54, 1.807) is 13.3 Å². The molecule has 2 atom stereocenters. The van der Waals surface area contributed by atoms with E-state index in [-0.39, 0.29) is 11.8 Å². The summed E-state index contributed by atoms with van der Waals surface area (Å²) in [5, 5.41) is 8.91. The molecule has 1 saturated heterocycles. The quantitative estimate of drug-likeness (QED) is 0.401.